The van der Waals surface area contributed by atoms with E-state index in [1.807, 2.05) is 6.07 Å². The number of carbonyl (C=O) groups is 1. The van der Waals surface area contributed by atoms with Crippen LogP contribution in [-0.4, -0.2) is 46.7 Å². The van der Waals surface area contributed by atoms with Gasteiger partial charge in [-0.05, 0) is 87.4 Å². The summed E-state index contributed by atoms with van der Waals surface area (Å²) in [5.74, 6) is 0.101. The second-order valence-corrected chi connectivity index (χ2v) is 9.87. The summed E-state index contributed by atoms with van der Waals surface area (Å²) in [5, 5.41) is 12.6. The standard InChI is InChI=1S/C26H32ClFN2O3/c1-15(31)14-33-25-9-5-19(16(2)17(25)3)13-30-21-6-7-22(30)12-20(11-21)29-26(32)18-4-8-24(28)23(27)10-18/h4-5,8-10,15,20-22,31H,6-7,11-14H2,1-3H3,(H,29,32)/t15-,20?,21?,22?/m0/s1. The Hall–Kier alpha value is -2.15. The first kappa shape index (κ1) is 24.0. The lowest BCUT2D eigenvalue weighted by Gasteiger charge is -2.39. The molecule has 2 saturated heterocycles. The second kappa shape index (κ2) is 10.00. The molecule has 2 bridgehead atoms. The molecule has 5 nitrogen and oxygen atoms in total. The van der Waals surface area contributed by atoms with Gasteiger partial charge >= 0.3 is 0 Å². The molecule has 1 amide bonds. The molecule has 2 aromatic rings. The molecule has 178 valence electrons. The van der Waals surface area contributed by atoms with E-state index < -0.39 is 11.9 Å². The molecule has 2 unspecified atom stereocenters. The largest absolute Gasteiger partial charge is 0.491 e. The van der Waals surface area contributed by atoms with Crippen molar-refractivity contribution in [3.8, 4) is 5.75 Å². The molecule has 2 fully saturated rings. The van der Waals surface area contributed by atoms with Crippen molar-refractivity contribution in [2.24, 2.45) is 0 Å². The van der Waals surface area contributed by atoms with Crippen LogP contribution in [-0.2, 0) is 6.54 Å². The number of amides is 1. The fourth-order valence-electron chi connectivity index (χ4n) is 5.14. The number of piperidine rings is 1. The number of fused-ring (bicyclic) bond motifs is 2. The van der Waals surface area contributed by atoms with Gasteiger partial charge < -0.3 is 15.2 Å². The lowest BCUT2D eigenvalue weighted by Crippen LogP contribution is -2.50. The van der Waals surface area contributed by atoms with Gasteiger partial charge in [0.2, 0.25) is 0 Å². The van der Waals surface area contributed by atoms with Gasteiger partial charge in [-0.2, -0.15) is 0 Å². The van der Waals surface area contributed by atoms with Crippen molar-refractivity contribution >= 4 is 17.5 Å². The highest BCUT2D eigenvalue weighted by molar-refractivity contribution is 6.31. The number of hydrogen-bond donors (Lipinski definition) is 2. The summed E-state index contributed by atoms with van der Waals surface area (Å²) in [6.45, 7) is 7.07. The average Bonchev–Trinajstić information content (AvgIpc) is 3.00. The molecule has 7 heteroatoms. The van der Waals surface area contributed by atoms with Crippen molar-refractivity contribution < 1.29 is 19.0 Å². The molecule has 0 aromatic heterocycles. The summed E-state index contributed by atoms with van der Waals surface area (Å²) in [7, 11) is 0. The Morgan fingerprint density at radius 2 is 1.91 bits per heavy atom. The minimum Gasteiger partial charge on any atom is -0.491 e. The van der Waals surface area contributed by atoms with Crippen molar-refractivity contribution in [3.05, 3.63) is 63.4 Å². The molecule has 2 aromatic carbocycles. The van der Waals surface area contributed by atoms with E-state index in [0.717, 1.165) is 43.5 Å². The van der Waals surface area contributed by atoms with Gasteiger partial charge in [0.15, 0.2) is 0 Å². The first-order valence-electron chi connectivity index (χ1n) is 11.6. The Balaban J connectivity index is 1.39. The fraction of sp³-hybridized carbons (Fsp3) is 0.500. The van der Waals surface area contributed by atoms with Crippen LogP contribution in [0.15, 0.2) is 30.3 Å². The lowest BCUT2D eigenvalue weighted by molar-refractivity contribution is 0.0827. The van der Waals surface area contributed by atoms with Gasteiger partial charge in [-0.25, -0.2) is 4.39 Å². The molecular weight excluding hydrogens is 443 g/mol. The number of carbonyl (C=O) groups excluding carboxylic acids is 1. The number of halogens is 2. The summed E-state index contributed by atoms with van der Waals surface area (Å²) in [6, 6.07) is 9.18. The second-order valence-electron chi connectivity index (χ2n) is 9.46. The summed E-state index contributed by atoms with van der Waals surface area (Å²) in [6.07, 6.45) is 3.58. The lowest BCUT2D eigenvalue weighted by atomic mass is 9.94. The van der Waals surface area contributed by atoms with Gasteiger partial charge in [-0.1, -0.05) is 17.7 Å². The quantitative estimate of drug-likeness (QED) is 0.606. The summed E-state index contributed by atoms with van der Waals surface area (Å²) < 4.78 is 19.2. The Labute approximate surface area is 199 Å². The van der Waals surface area contributed by atoms with Crippen LogP contribution >= 0.6 is 11.6 Å². The SMILES string of the molecule is Cc1c(CN2C3CCC2CC(NC(=O)c2ccc(F)c(Cl)c2)C3)ccc(OC[C@H](C)O)c1C. The zero-order valence-electron chi connectivity index (χ0n) is 19.4. The molecule has 2 aliphatic rings. The Morgan fingerprint density at radius 3 is 2.55 bits per heavy atom. The van der Waals surface area contributed by atoms with E-state index in [0.29, 0.717) is 17.6 Å². The fourth-order valence-corrected chi connectivity index (χ4v) is 5.32. The van der Waals surface area contributed by atoms with Crippen LogP contribution in [0.2, 0.25) is 5.02 Å². The predicted octanol–water partition coefficient (Wildman–Crippen LogP) is 4.78. The minimum atomic E-state index is -0.521. The van der Waals surface area contributed by atoms with Gasteiger partial charge in [0.25, 0.3) is 5.91 Å². The van der Waals surface area contributed by atoms with Crippen molar-refractivity contribution in [2.75, 3.05) is 6.61 Å². The maximum atomic E-state index is 13.4. The van der Waals surface area contributed by atoms with Gasteiger partial charge in [0.05, 0.1) is 11.1 Å². The van der Waals surface area contributed by atoms with E-state index in [1.54, 1.807) is 6.92 Å². The highest BCUT2D eigenvalue weighted by Gasteiger charge is 2.41. The monoisotopic (exact) mass is 474 g/mol. The maximum Gasteiger partial charge on any atom is 0.251 e. The number of benzene rings is 2. The van der Waals surface area contributed by atoms with Crippen LogP contribution in [0.25, 0.3) is 0 Å². The van der Waals surface area contributed by atoms with Crippen molar-refractivity contribution in [3.63, 3.8) is 0 Å². The maximum absolute atomic E-state index is 13.4. The molecule has 2 heterocycles. The van der Waals surface area contributed by atoms with Gasteiger partial charge in [0.1, 0.15) is 18.2 Å². The third-order valence-electron chi connectivity index (χ3n) is 7.08. The normalized spacial score (nSPS) is 23.4. The Bertz CT molecular complexity index is 1010. The van der Waals surface area contributed by atoms with Crippen molar-refractivity contribution in [2.45, 2.75) is 77.2 Å². The average molecular weight is 475 g/mol. The third kappa shape index (κ3) is 5.34. The topological polar surface area (TPSA) is 61.8 Å². The summed E-state index contributed by atoms with van der Waals surface area (Å²) in [5.41, 5.74) is 4.01. The number of rotatable bonds is 7. The Kier molecular flexibility index (Phi) is 7.27. The van der Waals surface area contributed by atoms with E-state index in [2.05, 4.69) is 30.1 Å². The van der Waals surface area contributed by atoms with Crippen molar-refractivity contribution in [1.29, 1.82) is 0 Å². The van der Waals surface area contributed by atoms with Crippen LogP contribution in [0, 0.1) is 19.7 Å². The highest BCUT2D eigenvalue weighted by atomic mass is 35.5. The molecule has 4 rings (SSSR count). The van der Waals surface area contributed by atoms with Crippen LogP contribution in [0.4, 0.5) is 4.39 Å². The third-order valence-corrected chi connectivity index (χ3v) is 7.37. The number of nitrogens with zero attached hydrogens (tertiary/aromatic N) is 1. The molecule has 2 N–H and O–H groups in total. The smallest absolute Gasteiger partial charge is 0.251 e. The number of aliphatic hydroxyl groups excluding tert-OH is 1. The molecule has 0 radical (unpaired) electrons. The molecule has 0 saturated carbocycles. The van der Waals surface area contributed by atoms with E-state index in [9.17, 15) is 14.3 Å². The highest BCUT2D eigenvalue weighted by Crippen LogP contribution is 2.38. The van der Waals surface area contributed by atoms with E-state index in [4.69, 9.17) is 16.3 Å². The van der Waals surface area contributed by atoms with E-state index in [-0.39, 0.29) is 23.6 Å². The summed E-state index contributed by atoms with van der Waals surface area (Å²) in [4.78, 5) is 15.2. The van der Waals surface area contributed by atoms with Gasteiger partial charge in [0, 0.05) is 30.2 Å². The van der Waals surface area contributed by atoms with Crippen LogP contribution < -0.4 is 10.1 Å². The first-order valence-corrected chi connectivity index (χ1v) is 12.0. The van der Waals surface area contributed by atoms with Crippen LogP contribution in [0.5, 0.6) is 5.75 Å². The first-order chi connectivity index (χ1) is 15.7. The van der Waals surface area contributed by atoms with Gasteiger partial charge in [-0.15, -0.1) is 0 Å². The van der Waals surface area contributed by atoms with Crippen LogP contribution in [0.1, 0.15) is 59.7 Å². The number of nitrogens with one attached hydrogen (secondary N) is 1. The molecule has 3 atom stereocenters. The van der Waals surface area contributed by atoms with E-state index in [1.165, 1.54) is 29.3 Å². The molecular formula is C26H32ClFN2O3. The zero-order chi connectivity index (χ0) is 23.7. The Morgan fingerprint density at radius 1 is 1.21 bits per heavy atom. The van der Waals surface area contributed by atoms with Gasteiger partial charge in [-0.3, -0.25) is 9.69 Å². The number of ether oxygens (including phenoxy) is 1. The number of aliphatic hydroxyl groups is 1. The number of hydrogen-bond acceptors (Lipinski definition) is 4. The van der Waals surface area contributed by atoms with E-state index >= 15 is 0 Å². The zero-order valence-corrected chi connectivity index (χ0v) is 20.2. The summed E-state index contributed by atoms with van der Waals surface area (Å²) >= 11 is 5.84. The predicted molar refractivity (Wildman–Crippen MR) is 127 cm³/mol. The molecule has 33 heavy (non-hydrogen) atoms. The molecule has 0 spiro atoms. The minimum absolute atomic E-state index is 0.0366. The van der Waals surface area contributed by atoms with Crippen molar-refractivity contribution in [1.82, 2.24) is 10.2 Å². The molecule has 0 aliphatic carbocycles. The molecule has 2 aliphatic heterocycles. The van der Waals surface area contributed by atoms with Crippen LogP contribution in [0.3, 0.4) is 0 Å².